The summed E-state index contributed by atoms with van der Waals surface area (Å²) in [4.78, 5) is 0. The van der Waals surface area contributed by atoms with E-state index in [9.17, 15) is 0 Å². The Morgan fingerprint density at radius 2 is 2.14 bits per heavy atom. The first-order valence-corrected chi connectivity index (χ1v) is 2.05. The van der Waals surface area contributed by atoms with Gasteiger partial charge in [0, 0.05) is 0 Å². The minimum absolute atomic E-state index is 1.50. The van der Waals surface area contributed by atoms with E-state index in [1.54, 1.807) is 11.7 Å². The second kappa shape index (κ2) is 3.44. The van der Waals surface area contributed by atoms with Gasteiger partial charge >= 0.3 is 0 Å². The Hall–Kier alpha value is -0.750. The smallest absolute Gasteiger partial charge is 0.205 e. The maximum absolute atomic E-state index is 4.57. The predicted molar refractivity (Wildman–Crippen MR) is 28.7 cm³/mol. The lowest BCUT2D eigenvalue weighted by molar-refractivity contribution is -0.457. The van der Waals surface area contributed by atoms with Gasteiger partial charge in [-0.15, -0.1) is 0 Å². The van der Waals surface area contributed by atoms with Gasteiger partial charge < -0.3 is 4.74 Å². The highest BCUT2D eigenvalue weighted by atomic mass is 16.5. The first-order valence-electron chi connectivity index (χ1n) is 2.05. The van der Waals surface area contributed by atoms with Crippen LogP contribution in [-0.2, 0) is 4.74 Å². The lowest BCUT2D eigenvalue weighted by atomic mass is 11.0. The third-order valence-corrected chi connectivity index (χ3v) is 0.429. The summed E-state index contributed by atoms with van der Waals surface area (Å²) < 4.78 is 6.36. The molecular formula is C5H10NO+. The first kappa shape index (κ1) is 6.25. The molecule has 0 amide bonds. The quantitative estimate of drug-likeness (QED) is 0.258. The van der Waals surface area contributed by atoms with Gasteiger partial charge in [-0.05, 0) is 0 Å². The molecule has 0 aromatic carbocycles. The summed E-state index contributed by atoms with van der Waals surface area (Å²) in [5.41, 5.74) is 0. The van der Waals surface area contributed by atoms with Gasteiger partial charge in [0.1, 0.15) is 14.1 Å². The minimum Gasteiger partial charge on any atom is -0.490 e. The molecular weight excluding hydrogens is 90.1 g/mol. The molecule has 0 fully saturated rings. The summed E-state index contributed by atoms with van der Waals surface area (Å²) in [6.07, 6.45) is 1.50. The van der Waals surface area contributed by atoms with Crippen molar-refractivity contribution < 1.29 is 9.31 Å². The van der Waals surface area contributed by atoms with Gasteiger partial charge in [0.05, 0.1) is 7.11 Å². The van der Waals surface area contributed by atoms with Crippen LogP contribution in [0.15, 0.2) is 6.26 Å². The predicted octanol–water partition coefficient (Wildman–Crippen LogP) is 0.0883. The topological polar surface area (TPSA) is 12.2 Å². The molecule has 2 heteroatoms. The van der Waals surface area contributed by atoms with Crippen molar-refractivity contribution in [3.63, 3.8) is 0 Å². The molecule has 0 aliphatic heterocycles. The molecule has 0 saturated heterocycles. The summed E-state index contributed by atoms with van der Waals surface area (Å²) >= 11 is 0. The van der Waals surface area contributed by atoms with Crippen molar-refractivity contribution in [2.24, 2.45) is 0 Å². The lowest BCUT2D eigenvalue weighted by Gasteiger charge is -1.75. The van der Waals surface area contributed by atoms with E-state index in [0.717, 1.165) is 0 Å². The van der Waals surface area contributed by atoms with Crippen LogP contribution in [0.4, 0.5) is 0 Å². The average molecular weight is 100 g/mol. The summed E-state index contributed by atoms with van der Waals surface area (Å²) in [6.45, 7) is 0. The number of hydrogen-bond donors (Lipinski definition) is 0. The molecule has 0 rings (SSSR count). The lowest BCUT2D eigenvalue weighted by Crippen LogP contribution is -1.91. The highest BCUT2D eigenvalue weighted by Crippen LogP contribution is 1.55. The van der Waals surface area contributed by atoms with Crippen molar-refractivity contribution in [3.05, 3.63) is 6.26 Å². The SMILES string of the molecule is COC=C=[N+](C)C. The Kier molecular flexibility index (Phi) is 3.07. The van der Waals surface area contributed by atoms with Crippen molar-refractivity contribution in [1.82, 2.24) is 0 Å². The van der Waals surface area contributed by atoms with E-state index in [0.29, 0.717) is 0 Å². The fraction of sp³-hybridized carbons (Fsp3) is 0.600. The number of rotatable bonds is 1. The molecule has 0 spiro atoms. The fourth-order valence-corrected chi connectivity index (χ4v) is 0.158. The second-order valence-corrected chi connectivity index (χ2v) is 1.38. The van der Waals surface area contributed by atoms with Crippen LogP contribution in [0.5, 0.6) is 0 Å². The third-order valence-electron chi connectivity index (χ3n) is 0.429. The molecule has 0 heterocycles. The molecule has 0 radical (unpaired) electrons. The molecule has 0 atom stereocenters. The molecule has 0 saturated carbocycles. The van der Waals surface area contributed by atoms with Crippen LogP contribution >= 0.6 is 0 Å². The zero-order chi connectivity index (χ0) is 5.70. The molecule has 0 aliphatic rings. The van der Waals surface area contributed by atoms with Crippen molar-refractivity contribution in [2.45, 2.75) is 0 Å². The zero-order valence-corrected chi connectivity index (χ0v) is 4.93. The van der Waals surface area contributed by atoms with Crippen LogP contribution in [-0.4, -0.2) is 31.7 Å². The van der Waals surface area contributed by atoms with Crippen molar-refractivity contribution in [1.29, 1.82) is 0 Å². The second-order valence-electron chi connectivity index (χ2n) is 1.38. The molecule has 7 heavy (non-hydrogen) atoms. The summed E-state index contributed by atoms with van der Waals surface area (Å²) in [7, 11) is 5.36. The van der Waals surface area contributed by atoms with Crippen LogP contribution in [0, 0.1) is 0 Å². The van der Waals surface area contributed by atoms with Gasteiger partial charge in [0.2, 0.25) is 5.87 Å². The number of hydrogen-bond acceptors (Lipinski definition) is 1. The van der Waals surface area contributed by atoms with Crippen LogP contribution < -0.4 is 0 Å². The standard InChI is InChI=1S/C5H10NO/c1-6(2)4-5-7-3/h5H,1-3H3/q+1. The zero-order valence-electron chi connectivity index (χ0n) is 4.93. The van der Waals surface area contributed by atoms with Gasteiger partial charge in [-0.3, -0.25) is 0 Å². The molecule has 0 unspecified atom stereocenters. The largest absolute Gasteiger partial charge is 0.490 e. The van der Waals surface area contributed by atoms with E-state index >= 15 is 0 Å². The van der Waals surface area contributed by atoms with Crippen molar-refractivity contribution in [2.75, 3.05) is 21.2 Å². The van der Waals surface area contributed by atoms with E-state index in [-0.39, 0.29) is 0 Å². The Morgan fingerprint density at radius 3 is 2.29 bits per heavy atom. The Bertz CT molecular complexity index is 96.6. The Balaban J connectivity index is 3.62. The number of ether oxygens (including phenoxy) is 1. The van der Waals surface area contributed by atoms with Gasteiger partial charge in [-0.2, -0.15) is 4.58 Å². The van der Waals surface area contributed by atoms with Gasteiger partial charge in [-0.25, -0.2) is 0 Å². The van der Waals surface area contributed by atoms with Gasteiger partial charge in [0.25, 0.3) is 0 Å². The summed E-state index contributed by atoms with van der Waals surface area (Å²) in [6, 6.07) is 0. The molecule has 0 aliphatic carbocycles. The van der Waals surface area contributed by atoms with Crippen LogP contribution in [0.2, 0.25) is 0 Å². The van der Waals surface area contributed by atoms with E-state index in [4.69, 9.17) is 0 Å². The molecule has 40 valence electrons. The van der Waals surface area contributed by atoms with Crippen molar-refractivity contribution in [3.8, 4) is 0 Å². The normalized spacial score (nSPS) is 6.71. The van der Waals surface area contributed by atoms with Gasteiger partial charge in [0.15, 0.2) is 6.26 Å². The minimum atomic E-state index is 1.50. The molecule has 0 aromatic rings. The molecule has 0 N–H and O–H groups in total. The maximum Gasteiger partial charge on any atom is 0.205 e. The summed E-state index contributed by atoms with van der Waals surface area (Å²) in [5.74, 6) is 2.78. The first-order chi connectivity index (χ1) is 3.27. The van der Waals surface area contributed by atoms with E-state index in [2.05, 4.69) is 10.6 Å². The maximum atomic E-state index is 4.57. The van der Waals surface area contributed by atoms with E-state index in [1.807, 2.05) is 14.1 Å². The average Bonchev–Trinajstić information content (AvgIpc) is 1.61. The molecule has 2 nitrogen and oxygen atoms in total. The van der Waals surface area contributed by atoms with E-state index < -0.39 is 0 Å². The number of nitrogens with zero attached hydrogens (tertiary/aromatic N) is 1. The van der Waals surface area contributed by atoms with E-state index in [1.165, 1.54) is 6.26 Å². The van der Waals surface area contributed by atoms with Crippen LogP contribution in [0.3, 0.4) is 0 Å². The highest BCUT2D eigenvalue weighted by Gasteiger charge is 1.68. The fourth-order valence-electron chi connectivity index (χ4n) is 0.158. The van der Waals surface area contributed by atoms with Crippen LogP contribution in [0.25, 0.3) is 0 Å². The summed E-state index contributed by atoms with van der Waals surface area (Å²) in [5, 5.41) is 0. The molecule has 0 bridgehead atoms. The monoisotopic (exact) mass is 100 g/mol. The van der Waals surface area contributed by atoms with Crippen molar-refractivity contribution >= 4 is 5.87 Å². The molecule has 0 aromatic heterocycles. The Morgan fingerprint density at radius 1 is 1.57 bits per heavy atom. The highest BCUT2D eigenvalue weighted by molar-refractivity contribution is 5.42. The Labute approximate surface area is 43.7 Å². The number of methoxy groups -OCH3 is 1. The third kappa shape index (κ3) is 5.25. The van der Waals surface area contributed by atoms with Crippen LogP contribution in [0.1, 0.15) is 0 Å². The van der Waals surface area contributed by atoms with Gasteiger partial charge in [-0.1, -0.05) is 0 Å².